The standard InChI is InChI=1S/C21H18ClNO2/c22-18-11-12-20(17-9-3-2-8-16(17)18)25-14-21(24)23-13-5-7-15-6-1-4-10-19(15)23/h1-4,6,8-12H,5,7,13-14H2. The van der Waals surface area contributed by atoms with Gasteiger partial charge in [-0.3, -0.25) is 4.79 Å². The van der Waals surface area contributed by atoms with E-state index in [9.17, 15) is 4.79 Å². The zero-order valence-corrected chi connectivity index (χ0v) is 14.5. The van der Waals surface area contributed by atoms with E-state index in [-0.39, 0.29) is 12.5 Å². The van der Waals surface area contributed by atoms with Crippen LogP contribution in [0.1, 0.15) is 12.0 Å². The van der Waals surface area contributed by atoms with E-state index < -0.39 is 0 Å². The van der Waals surface area contributed by atoms with E-state index in [0.717, 1.165) is 35.8 Å². The maximum Gasteiger partial charge on any atom is 0.264 e. The number of ether oxygens (including phenoxy) is 1. The Morgan fingerprint density at radius 2 is 1.76 bits per heavy atom. The Bertz CT molecular complexity index is 938. The highest BCUT2D eigenvalue weighted by molar-refractivity contribution is 6.35. The minimum atomic E-state index is -0.0221. The van der Waals surface area contributed by atoms with Gasteiger partial charge in [0.15, 0.2) is 6.61 Å². The molecule has 0 N–H and O–H groups in total. The van der Waals surface area contributed by atoms with Crippen LogP contribution < -0.4 is 9.64 Å². The van der Waals surface area contributed by atoms with Gasteiger partial charge in [-0.05, 0) is 36.6 Å². The maximum atomic E-state index is 12.7. The summed E-state index contributed by atoms with van der Waals surface area (Å²) in [6, 6.07) is 19.5. The number of amides is 1. The van der Waals surface area contributed by atoms with Crippen LogP contribution in [0.5, 0.6) is 5.75 Å². The van der Waals surface area contributed by atoms with Crippen LogP contribution in [0.25, 0.3) is 10.8 Å². The molecule has 0 radical (unpaired) electrons. The molecule has 126 valence electrons. The van der Waals surface area contributed by atoms with Crippen LogP contribution in [0, 0.1) is 0 Å². The largest absolute Gasteiger partial charge is 0.483 e. The number of para-hydroxylation sites is 1. The van der Waals surface area contributed by atoms with Crippen molar-refractivity contribution in [2.45, 2.75) is 12.8 Å². The highest BCUT2D eigenvalue weighted by atomic mass is 35.5. The maximum absolute atomic E-state index is 12.7. The van der Waals surface area contributed by atoms with Gasteiger partial charge < -0.3 is 9.64 Å². The molecular formula is C21H18ClNO2. The fourth-order valence-corrected chi connectivity index (χ4v) is 3.60. The van der Waals surface area contributed by atoms with Crippen LogP contribution >= 0.6 is 11.6 Å². The molecule has 0 aromatic heterocycles. The number of aryl methyl sites for hydroxylation is 1. The molecule has 0 saturated heterocycles. The minimum Gasteiger partial charge on any atom is -0.483 e. The second-order valence-corrected chi connectivity index (χ2v) is 6.56. The first-order valence-corrected chi connectivity index (χ1v) is 8.80. The van der Waals surface area contributed by atoms with Gasteiger partial charge in [0.1, 0.15) is 5.75 Å². The Hall–Kier alpha value is -2.52. The Labute approximate surface area is 151 Å². The van der Waals surface area contributed by atoms with Crippen LogP contribution in [0.4, 0.5) is 5.69 Å². The topological polar surface area (TPSA) is 29.5 Å². The smallest absolute Gasteiger partial charge is 0.264 e. The molecule has 0 fully saturated rings. The molecule has 3 aromatic rings. The fourth-order valence-electron chi connectivity index (χ4n) is 3.37. The summed E-state index contributed by atoms with van der Waals surface area (Å²) in [6.07, 6.45) is 2.00. The van der Waals surface area contributed by atoms with Gasteiger partial charge in [-0.1, -0.05) is 54.1 Å². The van der Waals surface area contributed by atoms with Gasteiger partial charge in [0.05, 0.1) is 0 Å². The third kappa shape index (κ3) is 3.08. The SMILES string of the molecule is O=C(COc1ccc(Cl)c2ccccc12)N1CCCc2ccccc21. The van der Waals surface area contributed by atoms with E-state index in [4.69, 9.17) is 16.3 Å². The average molecular weight is 352 g/mol. The zero-order valence-electron chi connectivity index (χ0n) is 13.7. The van der Waals surface area contributed by atoms with Gasteiger partial charge in [-0.25, -0.2) is 0 Å². The number of carbonyl (C=O) groups excluding carboxylic acids is 1. The van der Waals surface area contributed by atoms with Crippen LogP contribution in [-0.4, -0.2) is 19.1 Å². The van der Waals surface area contributed by atoms with Crippen molar-refractivity contribution in [2.75, 3.05) is 18.1 Å². The Balaban J connectivity index is 1.55. The van der Waals surface area contributed by atoms with E-state index in [2.05, 4.69) is 6.07 Å². The van der Waals surface area contributed by atoms with Crippen LogP contribution in [0.3, 0.4) is 0 Å². The van der Waals surface area contributed by atoms with Crippen molar-refractivity contribution in [2.24, 2.45) is 0 Å². The highest BCUT2D eigenvalue weighted by Crippen LogP contribution is 2.32. The summed E-state index contributed by atoms with van der Waals surface area (Å²) >= 11 is 6.24. The summed E-state index contributed by atoms with van der Waals surface area (Å²) in [7, 11) is 0. The summed E-state index contributed by atoms with van der Waals surface area (Å²) in [4.78, 5) is 14.5. The lowest BCUT2D eigenvalue weighted by Gasteiger charge is -2.29. The first-order chi connectivity index (χ1) is 12.2. The predicted molar refractivity (Wildman–Crippen MR) is 102 cm³/mol. The third-order valence-corrected chi connectivity index (χ3v) is 4.92. The molecule has 0 aliphatic carbocycles. The van der Waals surface area contributed by atoms with E-state index in [1.165, 1.54) is 5.56 Å². The molecule has 0 saturated carbocycles. The Morgan fingerprint density at radius 1 is 1.00 bits per heavy atom. The molecule has 4 heteroatoms. The quantitative estimate of drug-likeness (QED) is 0.675. The van der Waals surface area contributed by atoms with Gasteiger partial charge >= 0.3 is 0 Å². The molecule has 4 rings (SSSR count). The molecule has 0 unspecified atom stereocenters. The van der Waals surface area contributed by atoms with Gasteiger partial charge in [0.25, 0.3) is 5.91 Å². The van der Waals surface area contributed by atoms with Crippen molar-refractivity contribution in [3.63, 3.8) is 0 Å². The lowest BCUT2D eigenvalue weighted by atomic mass is 10.0. The van der Waals surface area contributed by atoms with Crippen LogP contribution in [0.15, 0.2) is 60.7 Å². The summed E-state index contributed by atoms with van der Waals surface area (Å²) in [5.74, 6) is 0.657. The number of nitrogens with zero attached hydrogens (tertiary/aromatic N) is 1. The normalized spacial score (nSPS) is 13.6. The number of fused-ring (bicyclic) bond motifs is 2. The number of hydrogen-bond donors (Lipinski definition) is 0. The van der Waals surface area contributed by atoms with Gasteiger partial charge in [-0.2, -0.15) is 0 Å². The van der Waals surface area contributed by atoms with Crippen molar-refractivity contribution in [1.29, 1.82) is 0 Å². The monoisotopic (exact) mass is 351 g/mol. The zero-order chi connectivity index (χ0) is 17.2. The molecule has 3 nitrogen and oxygen atoms in total. The number of rotatable bonds is 3. The van der Waals surface area contributed by atoms with E-state index in [1.54, 1.807) is 6.07 Å². The Morgan fingerprint density at radius 3 is 2.64 bits per heavy atom. The summed E-state index contributed by atoms with van der Waals surface area (Å²) in [6.45, 7) is 0.751. The molecule has 0 bridgehead atoms. The number of benzene rings is 3. The number of hydrogen-bond acceptors (Lipinski definition) is 2. The molecular weight excluding hydrogens is 334 g/mol. The number of anilines is 1. The summed E-state index contributed by atoms with van der Waals surface area (Å²) in [5.41, 5.74) is 2.22. The van der Waals surface area contributed by atoms with E-state index in [0.29, 0.717) is 10.8 Å². The first kappa shape index (κ1) is 16.0. The molecule has 1 aliphatic rings. The summed E-state index contributed by atoms with van der Waals surface area (Å²) < 4.78 is 5.85. The lowest BCUT2D eigenvalue weighted by molar-refractivity contribution is -0.120. The van der Waals surface area contributed by atoms with Gasteiger partial charge in [0, 0.05) is 28.0 Å². The lowest BCUT2D eigenvalue weighted by Crippen LogP contribution is -2.38. The first-order valence-electron chi connectivity index (χ1n) is 8.42. The fraction of sp³-hybridized carbons (Fsp3) is 0.190. The molecule has 1 aliphatic heterocycles. The molecule has 0 spiro atoms. The molecule has 1 amide bonds. The summed E-state index contributed by atoms with van der Waals surface area (Å²) in [5, 5.41) is 2.53. The molecule has 25 heavy (non-hydrogen) atoms. The minimum absolute atomic E-state index is 0.0139. The third-order valence-electron chi connectivity index (χ3n) is 4.59. The van der Waals surface area contributed by atoms with Crippen molar-refractivity contribution < 1.29 is 9.53 Å². The van der Waals surface area contributed by atoms with Crippen molar-refractivity contribution in [1.82, 2.24) is 0 Å². The highest BCUT2D eigenvalue weighted by Gasteiger charge is 2.22. The second kappa shape index (κ2) is 6.77. The van der Waals surface area contributed by atoms with Crippen molar-refractivity contribution in [3.05, 3.63) is 71.2 Å². The Kier molecular flexibility index (Phi) is 4.33. The molecule has 3 aromatic carbocycles. The number of carbonyl (C=O) groups is 1. The van der Waals surface area contributed by atoms with Crippen molar-refractivity contribution in [3.8, 4) is 5.75 Å². The van der Waals surface area contributed by atoms with E-state index >= 15 is 0 Å². The van der Waals surface area contributed by atoms with Crippen LogP contribution in [-0.2, 0) is 11.2 Å². The predicted octanol–water partition coefficient (Wildman–Crippen LogP) is 4.85. The van der Waals surface area contributed by atoms with Gasteiger partial charge in [0.2, 0.25) is 0 Å². The molecule has 0 atom stereocenters. The van der Waals surface area contributed by atoms with Gasteiger partial charge in [-0.15, -0.1) is 0 Å². The van der Waals surface area contributed by atoms with E-state index in [1.807, 2.05) is 53.4 Å². The second-order valence-electron chi connectivity index (χ2n) is 6.16. The number of halogens is 1. The average Bonchev–Trinajstić information content (AvgIpc) is 2.67. The molecule has 1 heterocycles. The van der Waals surface area contributed by atoms with Crippen molar-refractivity contribution >= 4 is 34.0 Å². The van der Waals surface area contributed by atoms with Crippen LogP contribution in [0.2, 0.25) is 5.02 Å².